The SMILES string of the molecule is CC(NC(C)C(C)(C)C)c1ccsc1. The fourth-order valence-corrected chi connectivity index (χ4v) is 2.00. The quantitative estimate of drug-likeness (QED) is 0.801. The second-order valence-electron chi connectivity index (χ2n) is 5.03. The van der Waals surface area contributed by atoms with Gasteiger partial charge in [-0.05, 0) is 41.7 Å². The standard InChI is InChI=1S/C12H21NS/c1-9(11-6-7-14-8-11)13-10(2)12(3,4)5/h6-10,13H,1-5H3. The summed E-state index contributed by atoms with van der Waals surface area (Å²) in [5.41, 5.74) is 1.72. The van der Waals surface area contributed by atoms with E-state index < -0.39 is 0 Å². The Kier molecular flexibility index (Phi) is 3.73. The van der Waals surface area contributed by atoms with E-state index in [0.717, 1.165) is 0 Å². The van der Waals surface area contributed by atoms with Crippen molar-refractivity contribution < 1.29 is 0 Å². The molecule has 1 aromatic rings. The number of thiophene rings is 1. The molecular formula is C12H21NS. The Morgan fingerprint density at radius 3 is 2.36 bits per heavy atom. The van der Waals surface area contributed by atoms with Gasteiger partial charge in [0.25, 0.3) is 0 Å². The molecule has 2 atom stereocenters. The summed E-state index contributed by atoms with van der Waals surface area (Å²) >= 11 is 1.76. The average Bonchev–Trinajstić information content (AvgIpc) is 2.53. The number of nitrogens with one attached hydrogen (secondary N) is 1. The molecular weight excluding hydrogens is 190 g/mol. The van der Waals surface area contributed by atoms with E-state index in [4.69, 9.17) is 0 Å². The predicted molar refractivity (Wildman–Crippen MR) is 64.8 cm³/mol. The molecule has 0 aliphatic rings. The van der Waals surface area contributed by atoms with Crippen molar-refractivity contribution in [3.05, 3.63) is 22.4 Å². The largest absolute Gasteiger partial charge is 0.307 e. The molecule has 0 aliphatic heterocycles. The first-order chi connectivity index (χ1) is 6.41. The van der Waals surface area contributed by atoms with E-state index in [1.165, 1.54) is 5.56 Å². The summed E-state index contributed by atoms with van der Waals surface area (Å²) in [6.07, 6.45) is 0. The summed E-state index contributed by atoms with van der Waals surface area (Å²) in [4.78, 5) is 0. The monoisotopic (exact) mass is 211 g/mol. The maximum atomic E-state index is 3.63. The van der Waals surface area contributed by atoms with Crippen LogP contribution in [0.4, 0.5) is 0 Å². The minimum absolute atomic E-state index is 0.324. The zero-order valence-corrected chi connectivity index (χ0v) is 10.6. The zero-order chi connectivity index (χ0) is 10.8. The van der Waals surface area contributed by atoms with Gasteiger partial charge in [0.05, 0.1) is 0 Å². The molecule has 2 unspecified atom stereocenters. The van der Waals surface area contributed by atoms with Crippen LogP contribution in [-0.4, -0.2) is 6.04 Å². The third kappa shape index (κ3) is 3.10. The van der Waals surface area contributed by atoms with Crippen molar-refractivity contribution in [2.75, 3.05) is 0 Å². The van der Waals surface area contributed by atoms with Gasteiger partial charge in [-0.25, -0.2) is 0 Å². The summed E-state index contributed by atoms with van der Waals surface area (Å²) in [5, 5.41) is 7.98. The van der Waals surface area contributed by atoms with Crippen LogP contribution in [0.15, 0.2) is 16.8 Å². The van der Waals surface area contributed by atoms with Crippen molar-refractivity contribution in [2.45, 2.75) is 46.7 Å². The van der Waals surface area contributed by atoms with Crippen LogP contribution in [0.2, 0.25) is 0 Å². The Morgan fingerprint density at radius 2 is 1.93 bits per heavy atom. The van der Waals surface area contributed by atoms with E-state index in [-0.39, 0.29) is 0 Å². The molecule has 1 aromatic heterocycles. The lowest BCUT2D eigenvalue weighted by Gasteiger charge is -2.31. The first kappa shape index (κ1) is 11.7. The van der Waals surface area contributed by atoms with E-state index in [1.54, 1.807) is 11.3 Å². The van der Waals surface area contributed by atoms with Gasteiger partial charge in [-0.3, -0.25) is 0 Å². The smallest absolute Gasteiger partial charge is 0.0302 e. The maximum Gasteiger partial charge on any atom is 0.0302 e. The Labute approximate surface area is 91.5 Å². The second-order valence-corrected chi connectivity index (χ2v) is 5.81. The van der Waals surface area contributed by atoms with Crippen LogP contribution in [0.5, 0.6) is 0 Å². The molecule has 1 nitrogen and oxygen atoms in total. The minimum atomic E-state index is 0.324. The molecule has 1 N–H and O–H groups in total. The van der Waals surface area contributed by atoms with Crippen molar-refractivity contribution in [3.63, 3.8) is 0 Å². The molecule has 0 bridgehead atoms. The summed E-state index contributed by atoms with van der Waals surface area (Å²) in [6.45, 7) is 11.3. The zero-order valence-electron chi connectivity index (χ0n) is 9.79. The molecule has 0 aromatic carbocycles. The Balaban J connectivity index is 2.53. The van der Waals surface area contributed by atoms with E-state index in [9.17, 15) is 0 Å². The topological polar surface area (TPSA) is 12.0 Å². The summed E-state index contributed by atoms with van der Waals surface area (Å²) in [5.74, 6) is 0. The Morgan fingerprint density at radius 1 is 1.29 bits per heavy atom. The molecule has 0 radical (unpaired) electrons. The molecule has 80 valence electrons. The first-order valence-corrected chi connectivity index (χ1v) is 6.13. The van der Waals surface area contributed by atoms with Crippen LogP contribution in [0, 0.1) is 5.41 Å². The van der Waals surface area contributed by atoms with Crippen molar-refractivity contribution in [1.29, 1.82) is 0 Å². The van der Waals surface area contributed by atoms with Gasteiger partial charge >= 0.3 is 0 Å². The minimum Gasteiger partial charge on any atom is -0.307 e. The molecule has 1 heterocycles. The summed E-state index contributed by atoms with van der Waals surface area (Å²) < 4.78 is 0. The summed E-state index contributed by atoms with van der Waals surface area (Å²) in [7, 11) is 0. The highest BCUT2D eigenvalue weighted by Gasteiger charge is 2.21. The van der Waals surface area contributed by atoms with Crippen LogP contribution in [0.25, 0.3) is 0 Å². The molecule has 0 spiro atoms. The van der Waals surface area contributed by atoms with Crippen LogP contribution in [0.3, 0.4) is 0 Å². The lowest BCUT2D eigenvalue weighted by atomic mass is 9.87. The maximum absolute atomic E-state index is 3.63. The van der Waals surface area contributed by atoms with Gasteiger partial charge in [0.1, 0.15) is 0 Å². The van der Waals surface area contributed by atoms with Crippen LogP contribution in [-0.2, 0) is 0 Å². The molecule has 0 fully saturated rings. The Hall–Kier alpha value is -0.340. The lowest BCUT2D eigenvalue weighted by molar-refractivity contribution is 0.268. The van der Waals surface area contributed by atoms with Crippen molar-refractivity contribution >= 4 is 11.3 Å². The van der Waals surface area contributed by atoms with E-state index >= 15 is 0 Å². The molecule has 0 saturated carbocycles. The van der Waals surface area contributed by atoms with Crippen molar-refractivity contribution in [1.82, 2.24) is 5.32 Å². The molecule has 0 amide bonds. The van der Waals surface area contributed by atoms with Gasteiger partial charge in [-0.15, -0.1) is 0 Å². The number of rotatable bonds is 3. The predicted octanol–water partition coefficient (Wildman–Crippen LogP) is 3.83. The lowest BCUT2D eigenvalue weighted by Crippen LogP contribution is -2.38. The van der Waals surface area contributed by atoms with Gasteiger partial charge in [-0.1, -0.05) is 20.8 Å². The van der Waals surface area contributed by atoms with Crippen LogP contribution >= 0.6 is 11.3 Å². The molecule has 0 aliphatic carbocycles. The fraction of sp³-hybridized carbons (Fsp3) is 0.667. The summed E-state index contributed by atoms with van der Waals surface area (Å²) in [6, 6.07) is 3.17. The molecule has 14 heavy (non-hydrogen) atoms. The van der Waals surface area contributed by atoms with Gasteiger partial charge in [0.2, 0.25) is 0 Å². The third-order valence-corrected chi connectivity index (χ3v) is 3.54. The van der Waals surface area contributed by atoms with Crippen LogP contribution in [0.1, 0.15) is 46.2 Å². The van der Waals surface area contributed by atoms with E-state index in [2.05, 4.69) is 56.8 Å². The molecule has 0 saturated heterocycles. The fourth-order valence-electron chi connectivity index (χ4n) is 1.24. The van der Waals surface area contributed by atoms with Gasteiger partial charge in [0, 0.05) is 12.1 Å². The highest BCUT2D eigenvalue weighted by molar-refractivity contribution is 7.07. The first-order valence-electron chi connectivity index (χ1n) is 5.19. The number of hydrogen-bond donors (Lipinski definition) is 1. The Bertz CT molecular complexity index is 258. The normalized spacial score (nSPS) is 16.6. The highest BCUT2D eigenvalue weighted by atomic mass is 32.1. The van der Waals surface area contributed by atoms with Crippen molar-refractivity contribution in [3.8, 4) is 0 Å². The van der Waals surface area contributed by atoms with E-state index in [0.29, 0.717) is 17.5 Å². The molecule has 2 heteroatoms. The highest BCUT2D eigenvalue weighted by Crippen LogP contribution is 2.23. The van der Waals surface area contributed by atoms with Gasteiger partial charge in [0.15, 0.2) is 0 Å². The molecule has 1 rings (SSSR count). The van der Waals surface area contributed by atoms with Gasteiger partial charge in [-0.2, -0.15) is 11.3 Å². The van der Waals surface area contributed by atoms with Crippen LogP contribution < -0.4 is 5.32 Å². The number of hydrogen-bond acceptors (Lipinski definition) is 2. The van der Waals surface area contributed by atoms with Gasteiger partial charge < -0.3 is 5.32 Å². The third-order valence-electron chi connectivity index (χ3n) is 2.84. The second kappa shape index (κ2) is 4.45. The van der Waals surface area contributed by atoms with Crippen molar-refractivity contribution in [2.24, 2.45) is 5.41 Å². The van der Waals surface area contributed by atoms with E-state index in [1.807, 2.05) is 0 Å². The average molecular weight is 211 g/mol.